The van der Waals surface area contributed by atoms with E-state index in [-0.39, 0.29) is 24.8 Å². The number of piperazine rings is 1. The minimum atomic E-state index is 0. The first-order chi connectivity index (χ1) is 10.2. The molecule has 3 rings (SSSR count). The predicted molar refractivity (Wildman–Crippen MR) is 98.3 cm³/mol. The van der Waals surface area contributed by atoms with Gasteiger partial charge in [0.1, 0.15) is 0 Å². The van der Waals surface area contributed by atoms with Crippen LogP contribution in [0.4, 0.5) is 0 Å². The molecule has 0 unspecified atom stereocenters. The molecule has 1 atom stereocenters. The van der Waals surface area contributed by atoms with E-state index < -0.39 is 0 Å². The van der Waals surface area contributed by atoms with Crippen LogP contribution >= 0.6 is 24.8 Å². The van der Waals surface area contributed by atoms with Crippen molar-refractivity contribution >= 4 is 24.8 Å². The van der Waals surface area contributed by atoms with Gasteiger partial charge in [0.05, 0.1) is 0 Å². The Morgan fingerprint density at radius 3 is 2.43 bits per heavy atom. The maximum atomic E-state index is 5.55. The number of hydrogen-bond acceptors (Lipinski definition) is 4. The average Bonchev–Trinajstić information content (AvgIpc) is 2.96. The second kappa shape index (κ2) is 9.58. The van der Waals surface area contributed by atoms with Crippen molar-refractivity contribution < 1.29 is 9.47 Å². The Hall–Kier alpha value is -0.680. The first-order valence-corrected chi connectivity index (χ1v) is 8.08. The maximum Gasteiger partial charge on any atom is 0.231 e. The third kappa shape index (κ3) is 5.15. The number of ether oxygens (including phenoxy) is 2. The van der Waals surface area contributed by atoms with Gasteiger partial charge in [-0.25, -0.2) is 0 Å². The number of nitrogens with zero attached hydrogens (tertiary/aromatic N) is 1. The number of fused-ring (bicyclic) bond motifs is 1. The van der Waals surface area contributed by atoms with Crippen molar-refractivity contribution in [3.8, 4) is 11.5 Å². The van der Waals surface area contributed by atoms with Crippen LogP contribution in [0.3, 0.4) is 0 Å². The minimum Gasteiger partial charge on any atom is -0.454 e. The van der Waals surface area contributed by atoms with Crippen LogP contribution < -0.4 is 14.8 Å². The zero-order valence-corrected chi connectivity index (χ0v) is 15.5. The van der Waals surface area contributed by atoms with Crippen molar-refractivity contribution in [1.29, 1.82) is 0 Å². The molecular formula is C17H28Cl2N2O2. The van der Waals surface area contributed by atoms with Gasteiger partial charge < -0.3 is 14.8 Å². The molecule has 6 heteroatoms. The van der Waals surface area contributed by atoms with Crippen LogP contribution in [-0.2, 0) is 0 Å². The molecule has 2 heterocycles. The van der Waals surface area contributed by atoms with Gasteiger partial charge in [-0.15, -0.1) is 24.8 Å². The van der Waals surface area contributed by atoms with E-state index in [1.54, 1.807) is 0 Å². The molecule has 2 aliphatic heterocycles. The summed E-state index contributed by atoms with van der Waals surface area (Å²) in [5.74, 6) is 2.52. The molecule has 23 heavy (non-hydrogen) atoms. The van der Waals surface area contributed by atoms with Gasteiger partial charge in [0.25, 0.3) is 0 Å². The second-order valence-electron chi connectivity index (χ2n) is 6.39. The summed E-state index contributed by atoms with van der Waals surface area (Å²) in [6, 6.07) is 6.93. The van der Waals surface area contributed by atoms with E-state index in [4.69, 9.17) is 9.47 Å². The lowest BCUT2D eigenvalue weighted by molar-refractivity contribution is 0.159. The summed E-state index contributed by atoms with van der Waals surface area (Å²) in [6.45, 7) is 9.37. The highest BCUT2D eigenvalue weighted by molar-refractivity contribution is 5.85. The molecule has 1 aromatic rings. The van der Waals surface area contributed by atoms with Crippen molar-refractivity contribution in [2.45, 2.75) is 32.7 Å². The highest BCUT2D eigenvalue weighted by Crippen LogP contribution is 2.37. The lowest BCUT2D eigenvalue weighted by Crippen LogP contribution is -2.45. The van der Waals surface area contributed by atoms with Crippen LogP contribution in [0.15, 0.2) is 18.2 Å². The van der Waals surface area contributed by atoms with Crippen molar-refractivity contribution in [3.05, 3.63) is 23.8 Å². The summed E-state index contributed by atoms with van der Waals surface area (Å²) >= 11 is 0. The molecule has 132 valence electrons. The standard InChI is InChI=1S/C17H26N2O2.2ClH/c1-13(2)3-5-15(19-9-7-18-8-10-19)14-4-6-16-17(11-14)21-12-20-16;;/h4,6,11,13,15,18H,3,5,7-10,12H2,1-2H3;2*1H/t15-;;/m1../s1. The average molecular weight is 363 g/mol. The Balaban J connectivity index is 0.00000132. The van der Waals surface area contributed by atoms with E-state index in [1.807, 2.05) is 0 Å². The van der Waals surface area contributed by atoms with E-state index in [1.165, 1.54) is 18.4 Å². The van der Waals surface area contributed by atoms with Crippen LogP contribution in [0.2, 0.25) is 0 Å². The largest absolute Gasteiger partial charge is 0.454 e. The van der Waals surface area contributed by atoms with Crippen molar-refractivity contribution in [1.82, 2.24) is 10.2 Å². The third-order valence-corrected chi connectivity index (χ3v) is 4.39. The highest BCUT2D eigenvalue weighted by Gasteiger charge is 2.24. The first kappa shape index (κ1) is 20.4. The van der Waals surface area contributed by atoms with Gasteiger partial charge in [-0.05, 0) is 36.5 Å². The van der Waals surface area contributed by atoms with Crippen molar-refractivity contribution in [3.63, 3.8) is 0 Å². The Kier molecular flexibility index (Phi) is 8.48. The van der Waals surface area contributed by atoms with Crippen molar-refractivity contribution in [2.75, 3.05) is 33.0 Å². The summed E-state index contributed by atoms with van der Waals surface area (Å²) in [4.78, 5) is 2.61. The van der Waals surface area contributed by atoms with Gasteiger partial charge in [-0.1, -0.05) is 19.9 Å². The van der Waals surface area contributed by atoms with Crippen LogP contribution in [0.25, 0.3) is 0 Å². The molecule has 0 spiro atoms. The molecule has 0 saturated carbocycles. The van der Waals surface area contributed by atoms with Crippen LogP contribution in [0, 0.1) is 5.92 Å². The zero-order chi connectivity index (χ0) is 14.7. The fourth-order valence-corrected chi connectivity index (χ4v) is 3.17. The van der Waals surface area contributed by atoms with Crippen LogP contribution in [-0.4, -0.2) is 37.9 Å². The monoisotopic (exact) mass is 362 g/mol. The molecule has 0 bridgehead atoms. The molecule has 1 fully saturated rings. The van der Waals surface area contributed by atoms with E-state index in [9.17, 15) is 0 Å². The number of benzene rings is 1. The summed E-state index contributed by atoms with van der Waals surface area (Å²) in [6.07, 6.45) is 2.46. The third-order valence-electron chi connectivity index (χ3n) is 4.39. The Labute approximate surface area is 151 Å². The summed E-state index contributed by atoms with van der Waals surface area (Å²) in [5.41, 5.74) is 1.36. The Bertz CT molecular complexity index is 480. The molecule has 1 saturated heterocycles. The van der Waals surface area contributed by atoms with Crippen LogP contribution in [0.5, 0.6) is 11.5 Å². The Morgan fingerprint density at radius 2 is 1.74 bits per heavy atom. The Morgan fingerprint density at radius 1 is 1.04 bits per heavy atom. The van der Waals surface area contributed by atoms with Gasteiger partial charge in [-0.2, -0.15) is 0 Å². The SMILES string of the molecule is CC(C)CC[C@H](c1ccc2c(c1)OCO2)N1CCNCC1.Cl.Cl. The lowest BCUT2D eigenvalue weighted by atomic mass is 9.95. The van der Waals surface area contributed by atoms with E-state index >= 15 is 0 Å². The molecule has 0 aliphatic carbocycles. The number of rotatable bonds is 5. The fraction of sp³-hybridized carbons (Fsp3) is 0.647. The number of halogens is 2. The quantitative estimate of drug-likeness (QED) is 0.866. The molecule has 1 N–H and O–H groups in total. The first-order valence-electron chi connectivity index (χ1n) is 8.08. The highest BCUT2D eigenvalue weighted by atomic mass is 35.5. The second-order valence-corrected chi connectivity index (χ2v) is 6.39. The molecule has 1 aromatic carbocycles. The number of nitrogens with one attached hydrogen (secondary N) is 1. The maximum absolute atomic E-state index is 5.55. The molecule has 0 amide bonds. The van der Waals surface area contributed by atoms with Crippen molar-refractivity contribution in [2.24, 2.45) is 5.92 Å². The van der Waals surface area contributed by atoms with Crippen LogP contribution in [0.1, 0.15) is 38.3 Å². The number of hydrogen-bond donors (Lipinski definition) is 1. The lowest BCUT2D eigenvalue weighted by Gasteiger charge is -2.35. The van der Waals surface area contributed by atoms with Gasteiger partial charge in [0.15, 0.2) is 11.5 Å². The smallest absolute Gasteiger partial charge is 0.231 e. The van der Waals surface area contributed by atoms with Gasteiger partial charge in [-0.3, -0.25) is 4.90 Å². The summed E-state index contributed by atoms with van der Waals surface area (Å²) in [7, 11) is 0. The van der Waals surface area contributed by atoms with Gasteiger partial charge in [0, 0.05) is 32.2 Å². The molecule has 2 aliphatic rings. The normalized spacial score (nSPS) is 18.2. The molecule has 0 aromatic heterocycles. The summed E-state index contributed by atoms with van der Waals surface area (Å²) in [5, 5.41) is 3.44. The molecular weight excluding hydrogens is 335 g/mol. The topological polar surface area (TPSA) is 33.7 Å². The van der Waals surface area contributed by atoms with Gasteiger partial charge >= 0.3 is 0 Å². The summed E-state index contributed by atoms with van der Waals surface area (Å²) < 4.78 is 11.0. The molecule has 4 nitrogen and oxygen atoms in total. The van der Waals surface area contributed by atoms with E-state index in [0.717, 1.165) is 43.6 Å². The van der Waals surface area contributed by atoms with E-state index in [0.29, 0.717) is 12.8 Å². The molecule has 0 radical (unpaired) electrons. The zero-order valence-electron chi connectivity index (χ0n) is 13.9. The fourth-order valence-electron chi connectivity index (χ4n) is 3.17. The minimum absolute atomic E-state index is 0. The van der Waals surface area contributed by atoms with Gasteiger partial charge in [0.2, 0.25) is 6.79 Å². The van der Waals surface area contributed by atoms with E-state index in [2.05, 4.69) is 42.3 Å². The predicted octanol–water partition coefficient (Wildman–Crippen LogP) is 3.64.